The summed E-state index contributed by atoms with van der Waals surface area (Å²) in [4.78, 5) is 34.9. The van der Waals surface area contributed by atoms with Gasteiger partial charge in [-0.25, -0.2) is 14.2 Å². The Hall–Kier alpha value is -4.66. The number of carbonyl (C=O) groups is 1. The summed E-state index contributed by atoms with van der Waals surface area (Å²) in [5, 5.41) is 2.15. The minimum Gasteiger partial charge on any atom is -0.472 e. The molecule has 12 heteroatoms. The average molecular weight is 737 g/mol. The van der Waals surface area contributed by atoms with Crippen molar-refractivity contribution in [3.8, 4) is 35.5 Å². The van der Waals surface area contributed by atoms with Gasteiger partial charge in [-0.3, -0.25) is 9.80 Å². The number of nitrogens with zero attached hydrogens (tertiary/aromatic N) is 6. The van der Waals surface area contributed by atoms with Crippen LogP contribution in [0, 0.1) is 18.2 Å². The molecule has 274 valence electrons. The molecule has 10 nitrogen and oxygen atoms in total. The van der Waals surface area contributed by atoms with Crippen molar-refractivity contribution in [2.45, 2.75) is 95.2 Å². The molecule has 4 saturated heterocycles. The van der Waals surface area contributed by atoms with Crippen molar-refractivity contribution in [2.75, 3.05) is 31.1 Å². The van der Waals surface area contributed by atoms with Gasteiger partial charge in [0.25, 0.3) is 0 Å². The fourth-order valence-electron chi connectivity index (χ4n) is 9.60. The summed E-state index contributed by atoms with van der Waals surface area (Å²) in [6, 6.07) is 8.49. The third-order valence-corrected chi connectivity index (χ3v) is 12.0. The van der Waals surface area contributed by atoms with Crippen molar-refractivity contribution < 1.29 is 23.4 Å². The molecule has 0 saturated carbocycles. The Bertz CT molecular complexity index is 2270. The summed E-state index contributed by atoms with van der Waals surface area (Å²) in [5.41, 5.74) is 1.32. The zero-order chi connectivity index (χ0) is 37.0. The molecule has 5 atom stereocenters. The number of terminal acetylenes is 1. The number of piperazine rings is 1. The summed E-state index contributed by atoms with van der Waals surface area (Å²) in [6.07, 6.45) is 9.58. The second-order valence-electron chi connectivity index (χ2n) is 16.2. The van der Waals surface area contributed by atoms with E-state index in [1.165, 1.54) is 5.57 Å². The lowest BCUT2D eigenvalue weighted by atomic mass is 9.94. The third-order valence-electron chi connectivity index (χ3n) is 11.7. The number of benzene rings is 2. The minimum atomic E-state index is -0.649. The van der Waals surface area contributed by atoms with E-state index in [4.69, 9.17) is 47.2 Å². The fraction of sp³-hybridized carbons (Fsp3) is 0.463. The van der Waals surface area contributed by atoms with E-state index < -0.39 is 17.5 Å². The Morgan fingerprint density at radius 1 is 1.19 bits per heavy atom. The molecule has 1 amide bonds. The molecular weight excluding hydrogens is 695 g/mol. The number of ether oxygens (including phenoxy) is 3. The Balaban J connectivity index is 1.22. The van der Waals surface area contributed by atoms with Crippen molar-refractivity contribution in [3.63, 3.8) is 0 Å². The van der Waals surface area contributed by atoms with Crippen LogP contribution in [0.3, 0.4) is 0 Å². The SMILES string of the molecule is C#Cc1c(Cl)ccc2cccc(-c3nc4c5c(nc(OCC67CCCN6CC(=C)C7)nc5c3F)N3C[C@H]5CC[C@@H]([C@H]3[C@H](C)O4)N5C(=O)OC(C)(C)C)c12. The molecule has 0 N–H and O–H groups in total. The molecule has 1 unspecified atom stereocenters. The van der Waals surface area contributed by atoms with E-state index in [2.05, 4.69) is 22.3 Å². The second kappa shape index (κ2) is 12.2. The molecule has 2 aromatic heterocycles. The Kier molecular flexibility index (Phi) is 7.85. The summed E-state index contributed by atoms with van der Waals surface area (Å²) < 4.78 is 36.6. The van der Waals surface area contributed by atoms with Crippen LogP contribution in [0.2, 0.25) is 5.02 Å². The minimum absolute atomic E-state index is 0.0316. The normalized spacial score (nSPS) is 26.3. The van der Waals surface area contributed by atoms with Crippen LogP contribution in [0.5, 0.6) is 11.9 Å². The van der Waals surface area contributed by atoms with Gasteiger partial charge in [-0.05, 0) is 77.8 Å². The van der Waals surface area contributed by atoms with E-state index in [-0.39, 0.29) is 52.9 Å². The number of halogens is 2. The summed E-state index contributed by atoms with van der Waals surface area (Å²) in [6.45, 7) is 14.5. The monoisotopic (exact) mass is 736 g/mol. The second-order valence-corrected chi connectivity index (χ2v) is 16.6. The van der Waals surface area contributed by atoms with Gasteiger partial charge in [-0.2, -0.15) is 9.97 Å². The number of aromatic nitrogens is 3. The van der Waals surface area contributed by atoms with E-state index in [9.17, 15) is 4.79 Å². The molecule has 4 aromatic rings. The topological polar surface area (TPSA) is 93.2 Å². The van der Waals surface area contributed by atoms with Crippen LogP contribution in [0.15, 0.2) is 42.5 Å². The highest BCUT2D eigenvalue weighted by molar-refractivity contribution is 6.33. The van der Waals surface area contributed by atoms with Crippen molar-refractivity contribution >= 4 is 45.2 Å². The first-order chi connectivity index (χ1) is 25.4. The van der Waals surface area contributed by atoms with Crippen molar-refractivity contribution in [1.29, 1.82) is 0 Å². The largest absolute Gasteiger partial charge is 0.472 e. The Morgan fingerprint density at radius 2 is 2.02 bits per heavy atom. The molecule has 2 aromatic carbocycles. The smallest absolute Gasteiger partial charge is 0.410 e. The van der Waals surface area contributed by atoms with Crippen LogP contribution in [0.25, 0.3) is 32.9 Å². The predicted molar refractivity (Wildman–Crippen MR) is 202 cm³/mol. The van der Waals surface area contributed by atoms with E-state index in [1.807, 2.05) is 50.8 Å². The standard InChI is InChI=1S/C41H42ClFN6O4/c1-7-26-28(42)14-12-24-10-8-11-27(30(24)26)33-32(43)34-31-36(46-38(45-34)51-21-41-16-9-17-47(41)19-22(2)18-41)48-20-25-13-15-29(35(48)23(3)52-37(31)44-33)49(25)39(50)53-40(4,5)6/h1,8,10-12,14,23,25,29,35H,2,9,13,15-21H2,3-6H3/t23-,25+,29-,35+,41?/m0/s1. The lowest BCUT2D eigenvalue weighted by Crippen LogP contribution is -2.65. The maximum Gasteiger partial charge on any atom is 0.410 e. The van der Waals surface area contributed by atoms with E-state index in [0.717, 1.165) is 50.6 Å². The first-order valence-corrected chi connectivity index (χ1v) is 18.8. The molecule has 5 aliphatic heterocycles. The average Bonchev–Trinajstić information content (AvgIpc) is 3.72. The first-order valence-electron chi connectivity index (χ1n) is 18.4. The summed E-state index contributed by atoms with van der Waals surface area (Å²) in [5.74, 6) is 2.74. The molecule has 53 heavy (non-hydrogen) atoms. The quantitative estimate of drug-likeness (QED) is 0.156. The van der Waals surface area contributed by atoms with Gasteiger partial charge in [0.2, 0.25) is 5.88 Å². The van der Waals surface area contributed by atoms with Gasteiger partial charge in [0.1, 0.15) is 40.7 Å². The number of rotatable bonds is 4. The molecule has 5 aliphatic rings. The molecule has 0 spiro atoms. The molecular formula is C41H42ClFN6O4. The lowest BCUT2D eigenvalue weighted by molar-refractivity contribution is 0.000938. The number of hydrogen-bond donors (Lipinski definition) is 0. The highest BCUT2D eigenvalue weighted by Gasteiger charge is 2.54. The molecule has 7 heterocycles. The third kappa shape index (κ3) is 5.39. The van der Waals surface area contributed by atoms with E-state index in [1.54, 1.807) is 12.1 Å². The van der Waals surface area contributed by atoms with Crippen LogP contribution in [0.1, 0.15) is 65.4 Å². The fourth-order valence-corrected chi connectivity index (χ4v) is 9.81. The maximum atomic E-state index is 17.4. The number of carbonyl (C=O) groups excluding carboxylic acids is 1. The molecule has 2 bridgehead atoms. The van der Waals surface area contributed by atoms with Crippen LogP contribution in [-0.4, -0.2) is 92.5 Å². The number of pyridine rings is 1. The zero-order valence-electron chi connectivity index (χ0n) is 30.4. The summed E-state index contributed by atoms with van der Waals surface area (Å²) in [7, 11) is 0. The van der Waals surface area contributed by atoms with Crippen molar-refractivity contribution in [3.05, 3.63) is 58.9 Å². The summed E-state index contributed by atoms with van der Waals surface area (Å²) >= 11 is 6.58. The van der Waals surface area contributed by atoms with E-state index in [0.29, 0.717) is 45.9 Å². The van der Waals surface area contributed by atoms with Gasteiger partial charge in [-0.1, -0.05) is 53.9 Å². The highest BCUT2D eigenvalue weighted by Crippen LogP contribution is 2.48. The Morgan fingerprint density at radius 3 is 2.81 bits per heavy atom. The first kappa shape index (κ1) is 34.1. The van der Waals surface area contributed by atoms with Crippen molar-refractivity contribution in [1.82, 2.24) is 24.8 Å². The van der Waals surface area contributed by atoms with Gasteiger partial charge in [0.15, 0.2) is 5.82 Å². The van der Waals surface area contributed by atoms with Crippen molar-refractivity contribution in [2.24, 2.45) is 0 Å². The predicted octanol–water partition coefficient (Wildman–Crippen LogP) is 7.53. The van der Waals surface area contributed by atoms with Gasteiger partial charge >= 0.3 is 12.1 Å². The van der Waals surface area contributed by atoms with Gasteiger partial charge in [0, 0.05) is 24.0 Å². The van der Waals surface area contributed by atoms with E-state index >= 15 is 4.39 Å². The number of amides is 1. The molecule has 0 radical (unpaired) electrons. The van der Waals surface area contributed by atoms with Gasteiger partial charge < -0.3 is 19.1 Å². The van der Waals surface area contributed by atoms with Gasteiger partial charge in [-0.15, -0.1) is 6.42 Å². The lowest BCUT2D eigenvalue weighted by Gasteiger charge is -2.48. The van der Waals surface area contributed by atoms with Crippen LogP contribution in [0.4, 0.5) is 15.0 Å². The molecule has 4 fully saturated rings. The Labute approximate surface area is 313 Å². The highest BCUT2D eigenvalue weighted by atomic mass is 35.5. The molecule has 0 aliphatic carbocycles. The zero-order valence-corrected chi connectivity index (χ0v) is 31.2. The van der Waals surface area contributed by atoms with Crippen LogP contribution in [-0.2, 0) is 4.74 Å². The van der Waals surface area contributed by atoms with Crippen LogP contribution >= 0.6 is 11.6 Å². The number of anilines is 1. The van der Waals surface area contributed by atoms with Crippen LogP contribution < -0.4 is 14.4 Å². The number of fused-ring (bicyclic) bond motifs is 7. The van der Waals surface area contributed by atoms with Gasteiger partial charge in [0.05, 0.1) is 34.3 Å². The molecule has 9 rings (SSSR count). The maximum absolute atomic E-state index is 17.4. The number of hydrogen-bond acceptors (Lipinski definition) is 9.